The van der Waals surface area contributed by atoms with E-state index >= 15 is 0 Å². The molecule has 2 rings (SSSR count). The van der Waals surface area contributed by atoms with Gasteiger partial charge in [0.1, 0.15) is 6.10 Å². The predicted octanol–water partition coefficient (Wildman–Crippen LogP) is 3.35. The Hall–Kier alpha value is -0.640. The summed E-state index contributed by atoms with van der Waals surface area (Å²) in [6.45, 7) is 13.8. The summed E-state index contributed by atoms with van der Waals surface area (Å²) in [5, 5.41) is 0. The van der Waals surface area contributed by atoms with E-state index in [0.29, 0.717) is 6.42 Å². The average Bonchev–Trinajstić information content (AvgIpc) is 2.83. The monoisotopic (exact) mass is 326 g/mol. The zero-order chi connectivity index (χ0) is 16.7. The van der Waals surface area contributed by atoms with Crippen LogP contribution in [0.4, 0.5) is 0 Å². The van der Waals surface area contributed by atoms with Gasteiger partial charge in [0, 0.05) is 5.57 Å². The molecule has 3 unspecified atom stereocenters. The third-order valence-electron chi connectivity index (χ3n) is 4.95. The van der Waals surface area contributed by atoms with Crippen LogP contribution in [0.3, 0.4) is 0 Å². The van der Waals surface area contributed by atoms with Gasteiger partial charge in [-0.2, -0.15) is 0 Å². The Balaban J connectivity index is 0.00000264. The van der Waals surface area contributed by atoms with Crippen LogP contribution in [0.1, 0.15) is 47.5 Å². The van der Waals surface area contributed by atoms with Crippen LogP contribution < -0.4 is 0 Å². The summed E-state index contributed by atoms with van der Waals surface area (Å²) in [7, 11) is 0. The average molecular weight is 326 g/mol. The summed E-state index contributed by atoms with van der Waals surface area (Å²) in [6.07, 6.45) is 4.31. The first-order chi connectivity index (χ1) is 10.2. The van der Waals surface area contributed by atoms with Crippen molar-refractivity contribution in [3.63, 3.8) is 0 Å². The number of carbonyl (C=O) groups excluding carboxylic acids is 2. The molecular weight excluding hydrogens is 299 g/mol. The normalized spacial score (nSPS) is 28.0. The van der Waals surface area contributed by atoms with Gasteiger partial charge in [0.25, 0.3) is 0 Å². The molecule has 0 radical (unpaired) electrons. The summed E-state index contributed by atoms with van der Waals surface area (Å²) in [5.41, 5.74) is 2.80. The van der Waals surface area contributed by atoms with E-state index in [0.717, 1.165) is 11.1 Å². The minimum atomic E-state index is -0.390. The van der Waals surface area contributed by atoms with Gasteiger partial charge in [0.05, 0.1) is 12.3 Å². The Morgan fingerprint density at radius 3 is 2.52 bits per heavy atom. The fraction of sp³-hybridized carbons (Fsp3) is 0.579. The predicted molar refractivity (Wildman–Crippen MR) is 94.4 cm³/mol. The molecule has 0 aromatic rings. The zero-order valence-electron chi connectivity index (χ0n) is 14.2. The maximum absolute atomic E-state index is 12.5. The molecule has 2 aliphatic carbocycles. The standard InChI is InChI=1S/C19H26O3.Na.H/c1-7-8-13-12(4)16(10-15(13)20)22-18(21)17-14(9-11(2)3)19(17,5)6;;/h7,9,14,16-17H,1,8,10H2,2-6H3;;. The fourth-order valence-corrected chi connectivity index (χ4v) is 3.42. The Labute approximate surface area is 161 Å². The molecule has 0 saturated heterocycles. The number of ketones is 1. The van der Waals surface area contributed by atoms with Gasteiger partial charge in [-0.1, -0.05) is 31.6 Å². The van der Waals surface area contributed by atoms with Crippen molar-refractivity contribution in [1.82, 2.24) is 0 Å². The molecule has 0 bridgehead atoms. The molecule has 0 aliphatic heterocycles. The SMILES string of the molecule is C=CCC1=C(C)C(OC(=O)C2C(C=C(C)C)C2(C)C)CC1=O.[NaH]. The van der Waals surface area contributed by atoms with E-state index in [2.05, 4.69) is 26.5 Å². The maximum atomic E-state index is 12.5. The molecule has 0 aromatic carbocycles. The third-order valence-corrected chi connectivity index (χ3v) is 4.95. The summed E-state index contributed by atoms with van der Waals surface area (Å²) < 4.78 is 5.66. The summed E-state index contributed by atoms with van der Waals surface area (Å²) in [6, 6.07) is 0. The van der Waals surface area contributed by atoms with Gasteiger partial charge >= 0.3 is 35.5 Å². The quantitative estimate of drug-likeness (QED) is 0.442. The number of hydrogen-bond acceptors (Lipinski definition) is 3. The fourth-order valence-electron chi connectivity index (χ4n) is 3.42. The van der Waals surface area contributed by atoms with E-state index in [4.69, 9.17) is 4.74 Å². The summed E-state index contributed by atoms with van der Waals surface area (Å²) in [5.74, 6) is 0.0309. The van der Waals surface area contributed by atoms with E-state index in [-0.39, 0.29) is 65.0 Å². The number of esters is 1. The minimum absolute atomic E-state index is 0. The number of carbonyl (C=O) groups is 2. The van der Waals surface area contributed by atoms with Crippen molar-refractivity contribution in [3.05, 3.63) is 35.5 Å². The topological polar surface area (TPSA) is 43.4 Å². The van der Waals surface area contributed by atoms with Gasteiger partial charge < -0.3 is 4.74 Å². The van der Waals surface area contributed by atoms with Gasteiger partial charge in [-0.3, -0.25) is 9.59 Å². The van der Waals surface area contributed by atoms with E-state index in [9.17, 15) is 9.59 Å². The second kappa shape index (κ2) is 7.50. The Bertz CT molecular complexity index is 579. The first-order valence-corrected chi connectivity index (χ1v) is 7.89. The second-order valence-electron chi connectivity index (χ2n) is 7.28. The van der Waals surface area contributed by atoms with Crippen LogP contribution >= 0.6 is 0 Å². The Kier molecular flexibility index (Phi) is 6.65. The van der Waals surface area contributed by atoms with Gasteiger partial charge in [-0.05, 0) is 44.1 Å². The van der Waals surface area contributed by atoms with Crippen LogP contribution in [0.5, 0.6) is 0 Å². The zero-order valence-corrected chi connectivity index (χ0v) is 14.2. The molecule has 3 atom stereocenters. The summed E-state index contributed by atoms with van der Waals surface area (Å²) in [4.78, 5) is 24.5. The van der Waals surface area contributed by atoms with Gasteiger partial charge in [0.2, 0.25) is 0 Å². The van der Waals surface area contributed by atoms with Crippen LogP contribution in [0, 0.1) is 17.3 Å². The summed E-state index contributed by atoms with van der Waals surface area (Å²) >= 11 is 0. The van der Waals surface area contributed by atoms with Crippen LogP contribution in [0.2, 0.25) is 0 Å². The number of ether oxygens (including phenoxy) is 1. The van der Waals surface area contributed by atoms with Crippen molar-refractivity contribution in [1.29, 1.82) is 0 Å². The number of hydrogen-bond donors (Lipinski definition) is 0. The molecule has 1 fully saturated rings. The molecule has 0 heterocycles. The molecule has 3 nitrogen and oxygen atoms in total. The van der Waals surface area contributed by atoms with E-state index in [1.165, 1.54) is 5.57 Å². The second-order valence-corrected chi connectivity index (χ2v) is 7.28. The van der Waals surface area contributed by atoms with E-state index < -0.39 is 6.10 Å². The molecule has 4 heteroatoms. The number of Topliss-reactive ketones (excluding diaryl/α,β-unsaturated/α-hetero) is 1. The Morgan fingerprint density at radius 2 is 2.00 bits per heavy atom. The van der Waals surface area contributed by atoms with Crippen molar-refractivity contribution in [2.45, 2.75) is 53.6 Å². The van der Waals surface area contributed by atoms with Gasteiger partial charge in [-0.25, -0.2) is 0 Å². The molecular formula is C19H27NaO3. The van der Waals surface area contributed by atoms with Crippen molar-refractivity contribution in [3.8, 4) is 0 Å². The Morgan fingerprint density at radius 1 is 1.39 bits per heavy atom. The number of allylic oxidation sites excluding steroid dienone is 4. The van der Waals surface area contributed by atoms with Crippen LogP contribution in [-0.4, -0.2) is 47.4 Å². The molecule has 1 saturated carbocycles. The van der Waals surface area contributed by atoms with Gasteiger partial charge in [0.15, 0.2) is 5.78 Å². The van der Waals surface area contributed by atoms with Crippen LogP contribution in [0.15, 0.2) is 35.5 Å². The van der Waals surface area contributed by atoms with Crippen LogP contribution in [0.25, 0.3) is 0 Å². The van der Waals surface area contributed by atoms with Crippen LogP contribution in [-0.2, 0) is 14.3 Å². The molecule has 0 amide bonds. The van der Waals surface area contributed by atoms with E-state index in [1.807, 2.05) is 20.8 Å². The molecule has 23 heavy (non-hydrogen) atoms. The third kappa shape index (κ3) is 4.07. The molecule has 0 aromatic heterocycles. The molecule has 122 valence electrons. The van der Waals surface area contributed by atoms with Crippen molar-refractivity contribution in [2.75, 3.05) is 0 Å². The molecule has 0 spiro atoms. The molecule has 0 N–H and O–H groups in total. The van der Waals surface area contributed by atoms with Crippen molar-refractivity contribution >= 4 is 41.3 Å². The van der Waals surface area contributed by atoms with Crippen molar-refractivity contribution < 1.29 is 14.3 Å². The van der Waals surface area contributed by atoms with Gasteiger partial charge in [-0.15, -0.1) is 6.58 Å². The van der Waals surface area contributed by atoms with Crippen molar-refractivity contribution in [2.24, 2.45) is 17.3 Å². The van der Waals surface area contributed by atoms with E-state index in [1.54, 1.807) is 6.08 Å². The first kappa shape index (κ1) is 20.4. The number of rotatable bonds is 5. The first-order valence-electron chi connectivity index (χ1n) is 7.89. The molecule has 2 aliphatic rings.